The molecule has 2 N–H and O–H groups in total. The van der Waals surface area contributed by atoms with E-state index in [1.165, 1.54) is 11.6 Å². The van der Waals surface area contributed by atoms with Crippen molar-refractivity contribution in [1.29, 1.82) is 0 Å². The molecule has 0 spiro atoms. The van der Waals surface area contributed by atoms with E-state index >= 15 is 0 Å². The molecule has 2 aromatic rings. The Balaban J connectivity index is 2.23. The maximum Gasteiger partial charge on any atom is 0.241 e. The molecule has 4 nitrogen and oxygen atoms in total. The molecular formula is C15H19NO3S2. The Hall–Kier alpha value is -1.21. The average molecular weight is 325 g/mol. The van der Waals surface area contributed by atoms with Crippen LogP contribution >= 0.6 is 11.3 Å². The van der Waals surface area contributed by atoms with Gasteiger partial charge in [-0.3, -0.25) is 0 Å². The third kappa shape index (κ3) is 3.71. The zero-order chi connectivity index (χ0) is 15.5. The minimum absolute atomic E-state index is 0.173. The summed E-state index contributed by atoms with van der Waals surface area (Å²) < 4.78 is 27.5. The molecule has 114 valence electrons. The highest BCUT2D eigenvalue weighted by Crippen LogP contribution is 2.20. The highest BCUT2D eigenvalue weighted by Gasteiger charge is 2.18. The van der Waals surface area contributed by atoms with Crippen LogP contribution in [0.3, 0.4) is 0 Å². The molecule has 2 rings (SSSR count). The van der Waals surface area contributed by atoms with Gasteiger partial charge in [-0.15, -0.1) is 11.3 Å². The van der Waals surface area contributed by atoms with Gasteiger partial charge in [-0.25, -0.2) is 13.1 Å². The van der Waals surface area contributed by atoms with Crippen LogP contribution in [0.15, 0.2) is 34.5 Å². The van der Waals surface area contributed by atoms with Gasteiger partial charge < -0.3 is 5.11 Å². The minimum atomic E-state index is -3.58. The van der Waals surface area contributed by atoms with E-state index in [1.807, 2.05) is 11.4 Å². The number of nitrogens with one attached hydrogen (secondary N) is 1. The molecule has 0 fully saturated rings. The smallest absolute Gasteiger partial charge is 0.241 e. The Labute approximate surface area is 129 Å². The van der Waals surface area contributed by atoms with Gasteiger partial charge in [0.2, 0.25) is 10.0 Å². The van der Waals surface area contributed by atoms with Crippen molar-refractivity contribution in [2.24, 2.45) is 0 Å². The molecule has 0 aliphatic rings. The molecule has 6 heteroatoms. The zero-order valence-corrected chi connectivity index (χ0v) is 13.7. The second-order valence-electron chi connectivity index (χ2n) is 4.81. The molecule has 1 aromatic heterocycles. The molecule has 0 unspecified atom stereocenters. The number of rotatable bonds is 6. The van der Waals surface area contributed by atoms with Gasteiger partial charge in [-0.2, -0.15) is 0 Å². The number of aliphatic hydroxyl groups excluding tert-OH is 1. The lowest BCUT2D eigenvalue weighted by Crippen LogP contribution is -2.24. The predicted molar refractivity (Wildman–Crippen MR) is 84.8 cm³/mol. The molecule has 0 saturated carbocycles. The summed E-state index contributed by atoms with van der Waals surface area (Å²) in [6.45, 7) is 3.92. The van der Waals surface area contributed by atoms with Crippen molar-refractivity contribution in [3.63, 3.8) is 0 Å². The Morgan fingerprint density at radius 2 is 2.05 bits per heavy atom. The summed E-state index contributed by atoms with van der Waals surface area (Å²) in [4.78, 5) is 1.26. The van der Waals surface area contributed by atoms with Gasteiger partial charge >= 0.3 is 0 Å². The van der Waals surface area contributed by atoms with Crippen molar-refractivity contribution < 1.29 is 13.5 Å². The molecule has 21 heavy (non-hydrogen) atoms. The van der Waals surface area contributed by atoms with Gasteiger partial charge in [0.1, 0.15) is 0 Å². The second-order valence-corrected chi connectivity index (χ2v) is 7.54. The normalized spacial score (nSPS) is 11.8. The molecule has 0 saturated heterocycles. The summed E-state index contributed by atoms with van der Waals surface area (Å²) in [7, 11) is -3.58. The number of aryl methyl sites for hydroxylation is 2. The fraction of sp³-hybridized carbons (Fsp3) is 0.333. The highest BCUT2D eigenvalue weighted by atomic mass is 32.2. The quantitative estimate of drug-likeness (QED) is 0.858. The van der Waals surface area contributed by atoms with Crippen LogP contribution in [-0.4, -0.2) is 13.5 Å². The third-order valence-electron chi connectivity index (χ3n) is 3.37. The summed E-state index contributed by atoms with van der Waals surface area (Å²) in [5.74, 6) is 0. The fourth-order valence-electron chi connectivity index (χ4n) is 2.11. The molecule has 0 radical (unpaired) electrons. The standard InChI is InChI=1S/C15H19NO3S2/c1-3-13-6-7-20-14(13)9-16-21(18,19)15-8-12(10-17)5-4-11(15)2/h4-8,16-17H,3,9-10H2,1-2H3. The summed E-state index contributed by atoms with van der Waals surface area (Å²) in [5.41, 5.74) is 2.43. The number of benzene rings is 1. The number of hydrogen-bond donors (Lipinski definition) is 2. The Bertz CT molecular complexity index is 720. The van der Waals surface area contributed by atoms with Crippen LogP contribution in [0.4, 0.5) is 0 Å². The molecular weight excluding hydrogens is 306 g/mol. The molecule has 1 aromatic carbocycles. The van der Waals surface area contributed by atoms with Gasteiger partial charge in [0.25, 0.3) is 0 Å². The fourth-order valence-corrected chi connectivity index (χ4v) is 4.40. The number of sulfonamides is 1. The SMILES string of the molecule is CCc1ccsc1CNS(=O)(=O)c1cc(CO)ccc1C. The van der Waals surface area contributed by atoms with E-state index < -0.39 is 10.0 Å². The lowest BCUT2D eigenvalue weighted by atomic mass is 10.2. The summed E-state index contributed by atoms with van der Waals surface area (Å²) >= 11 is 1.55. The second kappa shape index (κ2) is 6.70. The van der Waals surface area contributed by atoms with Gasteiger partial charge in [0, 0.05) is 11.4 Å². The maximum absolute atomic E-state index is 12.4. The maximum atomic E-state index is 12.4. The van der Waals surface area contributed by atoms with Crippen molar-refractivity contribution >= 4 is 21.4 Å². The van der Waals surface area contributed by atoms with Crippen LogP contribution in [-0.2, 0) is 29.6 Å². The first-order chi connectivity index (χ1) is 9.97. The van der Waals surface area contributed by atoms with Crippen molar-refractivity contribution in [1.82, 2.24) is 4.72 Å². The van der Waals surface area contributed by atoms with E-state index in [-0.39, 0.29) is 11.5 Å². The van der Waals surface area contributed by atoms with E-state index in [0.29, 0.717) is 17.7 Å². The largest absolute Gasteiger partial charge is 0.392 e. The molecule has 0 aliphatic heterocycles. The monoisotopic (exact) mass is 325 g/mol. The Morgan fingerprint density at radius 1 is 1.29 bits per heavy atom. The van der Waals surface area contributed by atoms with Crippen LogP contribution in [0, 0.1) is 6.92 Å². The van der Waals surface area contributed by atoms with Crippen molar-refractivity contribution in [3.05, 3.63) is 51.2 Å². The van der Waals surface area contributed by atoms with Crippen LogP contribution in [0.5, 0.6) is 0 Å². The van der Waals surface area contributed by atoms with Crippen LogP contribution in [0.1, 0.15) is 28.5 Å². The lowest BCUT2D eigenvalue weighted by molar-refractivity contribution is 0.281. The first kappa shape index (κ1) is 16.2. The topological polar surface area (TPSA) is 66.4 Å². The Kier molecular flexibility index (Phi) is 5.16. The van der Waals surface area contributed by atoms with Crippen LogP contribution in [0.2, 0.25) is 0 Å². The molecule has 1 heterocycles. The first-order valence-corrected chi connectivity index (χ1v) is 9.09. The highest BCUT2D eigenvalue weighted by molar-refractivity contribution is 7.89. The van der Waals surface area contributed by atoms with Gasteiger partial charge in [0.05, 0.1) is 11.5 Å². The molecule has 0 amide bonds. The summed E-state index contributed by atoms with van der Waals surface area (Å²) in [6.07, 6.45) is 0.888. The van der Waals surface area contributed by atoms with Crippen molar-refractivity contribution in [2.75, 3.05) is 0 Å². The minimum Gasteiger partial charge on any atom is -0.392 e. The van der Waals surface area contributed by atoms with E-state index in [0.717, 1.165) is 11.3 Å². The molecule has 0 aliphatic carbocycles. The third-order valence-corrected chi connectivity index (χ3v) is 5.87. The predicted octanol–water partition coefficient (Wildman–Crippen LogP) is 2.59. The van der Waals surface area contributed by atoms with Gasteiger partial charge in [-0.1, -0.05) is 19.1 Å². The van der Waals surface area contributed by atoms with Gasteiger partial charge in [0.15, 0.2) is 0 Å². The Morgan fingerprint density at radius 3 is 2.71 bits per heavy atom. The summed E-state index contributed by atoms with van der Waals surface area (Å²) in [6, 6.07) is 6.98. The van der Waals surface area contributed by atoms with Crippen LogP contribution < -0.4 is 4.72 Å². The zero-order valence-electron chi connectivity index (χ0n) is 12.1. The lowest BCUT2D eigenvalue weighted by Gasteiger charge is -2.10. The van der Waals surface area contributed by atoms with E-state index in [9.17, 15) is 8.42 Å². The molecule has 0 bridgehead atoms. The van der Waals surface area contributed by atoms with E-state index in [4.69, 9.17) is 5.11 Å². The number of hydrogen-bond acceptors (Lipinski definition) is 4. The van der Waals surface area contributed by atoms with E-state index in [1.54, 1.807) is 30.4 Å². The molecule has 0 atom stereocenters. The van der Waals surface area contributed by atoms with Crippen molar-refractivity contribution in [2.45, 2.75) is 38.3 Å². The first-order valence-electron chi connectivity index (χ1n) is 6.73. The van der Waals surface area contributed by atoms with Gasteiger partial charge in [-0.05, 0) is 47.5 Å². The summed E-state index contributed by atoms with van der Waals surface area (Å²) in [5, 5.41) is 11.1. The number of thiophene rings is 1. The average Bonchev–Trinajstić information content (AvgIpc) is 2.93. The number of aliphatic hydroxyl groups is 1. The van der Waals surface area contributed by atoms with Crippen LogP contribution in [0.25, 0.3) is 0 Å². The van der Waals surface area contributed by atoms with E-state index in [2.05, 4.69) is 11.6 Å². The van der Waals surface area contributed by atoms with Crippen molar-refractivity contribution in [3.8, 4) is 0 Å².